The first-order valence-electron chi connectivity index (χ1n) is 10.1. The largest absolute Gasteiger partial charge is 0.376 e. The van der Waals surface area contributed by atoms with Crippen LogP contribution in [-0.4, -0.2) is 55.8 Å². The molecule has 2 aliphatic rings. The number of nitrogens with zero attached hydrogens (tertiary/aromatic N) is 2. The van der Waals surface area contributed by atoms with Crippen LogP contribution in [0, 0.1) is 0 Å². The molecule has 2 aromatic rings. The van der Waals surface area contributed by atoms with E-state index in [0.717, 1.165) is 29.4 Å². The van der Waals surface area contributed by atoms with Crippen molar-refractivity contribution >= 4 is 34.2 Å². The molecule has 154 valence electrons. The van der Waals surface area contributed by atoms with Crippen LogP contribution in [0.1, 0.15) is 25.7 Å². The number of amides is 3. The van der Waals surface area contributed by atoms with E-state index in [-0.39, 0.29) is 30.1 Å². The van der Waals surface area contributed by atoms with Gasteiger partial charge in [-0.1, -0.05) is 0 Å². The molecule has 0 spiro atoms. The Hall–Kier alpha value is -2.87. The highest BCUT2D eigenvalue weighted by Gasteiger charge is 2.37. The van der Waals surface area contributed by atoms with Crippen molar-refractivity contribution in [2.24, 2.45) is 0 Å². The summed E-state index contributed by atoms with van der Waals surface area (Å²) < 4.78 is 5.75. The van der Waals surface area contributed by atoms with Gasteiger partial charge in [-0.3, -0.25) is 4.79 Å². The zero-order chi connectivity index (χ0) is 20.4. The van der Waals surface area contributed by atoms with Crippen LogP contribution in [0.2, 0.25) is 0 Å². The molecule has 2 fully saturated rings. The Kier molecular flexibility index (Phi) is 5.53. The third-order valence-corrected chi connectivity index (χ3v) is 5.55. The number of pyridine rings is 1. The lowest BCUT2D eigenvalue weighted by Gasteiger charge is -2.36. The highest BCUT2D eigenvalue weighted by molar-refractivity contribution is 5.97. The fourth-order valence-corrected chi connectivity index (χ4v) is 4.16. The first-order valence-corrected chi connectivity index (χ1v) is 10.1. The number of hydrogen-bond donors (Lipinski definition) is 3. The summed E-state index contributed by atoms with van der Waals surface area (Å²) in [6.07, 6.45) is 4.62. The Morgan fingerprint density at radius 3 is 2.90 bits per heavy atom. The van der Waals surface area contributed by atoms with Gasteiger partial charge < -0.3 is 25.6 Å². The number of nitrogens with one attached hydrogen (secondary N) is 3. The monoisotopic (exact) mass is 397 g/mol. The second kappa shape index (κ2) is 8.24. The Labute approximate surface area is 170 Å². The molecule has 2 aliphatic heterocycles. The number of carbonyl (C=O) groups is 2. The van der Waals surface area contributed by atoms with Crippen LogP contribution in [0.4, 0.5) is 16.3 Å². The van der Waals surface area contributed by atoms with Gasteiger partial charge in [-0.2, -0.15) is 0 Å². The zero-order valence-electron chi connectivity index (χ0n) is 16.8. The summed E-state index contributed by atoms with van der Waals surface area (Å²) in [5.41, 5.74) is 0.708. The van der Waals surface area contributed by atoms with E-state index in [0.29, 0.717) is 25.1 Å². The van der Waals surface area contributed by atoms with Crippen LogP contribution in [0.15, 0.2) is 30.5 Å². The molecule has 3 N–H and O–H groups in total. The van der Waals surface area contributed by atoms with Crippen molar-refractivity contribution in [2.45, 2.75) is 43.9 Å². The summed E-state index contributed by atoms with van der Waals surface area (Å²) in [5, 5.41) is 11.0. The number of ether oxygens (including phenoxy) is 1. The van der Waals surface area contributed by atoms with Crippen LogP contribution < -0.4 is 20.9 Å². The van der Waals surface area contributed by atoms with Crippen molar-refractivity contribution in [1.82, 2.24) is 15.6 Å². The predicted octanol–water partition coefficient (Wildman–Crippen LogP) is 2.25. The van der Waals surface area contributed by atoms with Gasteiger partial charge in [0.05, 0.1) is 18.2 Å². The highest BCUT2D eigenvalue weighted by Crippen LogP contribution is 2.26. The van der Waals surface area contributed by atoms with Crippen molar-refractivity contribution in [1.29, 1.82) is 0 Å². The second-order valence-electron chi connectivity index (χ2n) is 7.85. The number of urea groups is 1. The summed E-state index contributed by atoms with van der Waals surface area (Å²) in [5.74, 6) is 0.902. The standard InChI is InChI=1S/C21H27N5O3/c1-26(2)20-15-6-5-14(12-13(15)9-10-22-20)23-21(28)24-16-7-8-18(27)25-19(16)17-4-3-11-29-17/h5-6,9-10,12,16-17,19H,3-4,7-8,11H2,1-2H3,(H,25,27)(H2,23,24,28). The van der Waals surface area contributed by atoms with Gasteiger partial charge in [0.1, 0.15) is 5.82 Å². The van der Waals surface area contributed by atoms with E-state index in [4.69, 9.17) is 4.74 Å². The fourth-order valence-electron chi connectivity index (χ4n) is 4.16. The zero-order valence-corrected chi connectivity index (χ0v) is 16.8. The van der Waals surface area contributed by atoms with Crippen LogP contribution in [0.3, 0.4) is 0 Å². The smallest absolute Gasteiger partial charge is 0.319 e. The number of piperidine rings is 1. The lowest BCUT2D eigenvalue weighted by molar-refractivity contribution is -0.125. The normalized spacial score (nSPS) is 24.2. The fraction of sp³-hybridized carbons (Fsp3) is 0.476. The van der Waals surface area contributed by atoms with Crippen molar-refractivity contribution in [3.05, 3.63) is 30.5 Å². The number of fused-ring (bicyclic) bond motifs is 1. The summed E-state index contributed by atoms with van der Waals surface area (Å²) in [7, 11) is 3.91. The van der Waals surface area contributed by atoms with E-state index in [9.17, 15) is 9.59 Å². The minimum absolute atomic E-state index is 0.0174. The van der Waals surface area contributed by atoms with Crippen molar-refractivity contribution in [3.63, 3.8) is 0 Å². The molecule has 0 bridgehead atoms. The van der Waals surface area contributed by atoms with Gasteiger partial charge in [0, 0.05) is 44.4 Å². The van der Waals surface area contributed by atoms with Crippen molar-refractivity contribution in [2.75, 3.05) is 30.9 Å². The maximum atomic E-state index is 12.6. The molecular weight excluding hydrogens is 370 g/mol. The Morgan fingerprint density at radius 2 is 2.14 bits per heavy atom. The first-order chi connectivity index (χ1) is 14.0. The number of anilines is 2. The summed E-state index contributed by atoms with van der Waals surface area (Å²) in [6, 6.07) is 7.07. The Balaban J connectivity index is 1.45. The molecule has 1 aromatic heterocycles. The van der Waals surface area contributed by atoms with E-state index in [2.05, 4.69) is 20.9 Å². The molecule has 3 atom stereocenters. The van der Waals surface area contributed by atoms with Crippen LogP contribution in [0.5, 0.6) is 0 Å². The summed E-state index contributed by atoms with van der Waals surface area (Å²) in [4.78, 5) is 30.9. The van der Waals surface area contributed by atoms with E-state index < -0.39 is 0 Å². The molecule has 8 nitrogen and oxygen atoms in total. The molecule has 4 rings (SSSR count). The average molecular weight is 397 g/mol. The summed E-state index contributed by atoms with van der Waals surface area (Å²) >= 11 is 0. The maximum Gasteiger partial charge on any atom is 0.319 e. The van der Waals surface area contributed by atoms with Gasteiger partial charge >= 0.3 is 6.03 Å². The number of rotatable bonds is 4. The van der Waals surface area contributed by atoms with E-state index in [1.807, 2.05) is 43.3 Å². The predicted molar refractivity (Wildman–Crippen MR) is 112 cm³/mol. The molecule has 3 unspecified atom stereocenters. The van der Waals surface area contributed by atoms with Crippen molar-refractivity contribution in [3.8, 4) is 0 Å². The van der Waals surface area contributed by atoms with E-state index in [1.54, 1.807) is 6.20 Å². The SMILES string of the molecule is CN(C)c1nccc2cc(NC(=O)NC3CCC(=O)NC3C3CCCO3)ccc12. The van der Waals surface area contributed by atoms with Gasteiger partial charge in [0.25, 0.3) is 0 Å². The highest BCUT2D eigenvalue weighted by atomic mass is 16.5. The third-order valence-electron chi connectivity index (χ3n) is 5.55. The number of hydrogen-bond acceptors (Lipinski definition) is 5. The molecule has 3 amide bonds. The molecule has 29 heavy (non-hydrogen) atoms. The molecule has 0 radical (unpaired) electrons. The molecule has 2 saturated heterocycles. The molecule has 8 heteroatoms. The van der Waals surface area contributed by atoms with Gasteiger partial charge in [-0.15, -0.1) is 0 Å². The number of aromatic nitrogens is 1. The Bertz CT molecular complexity index is 910. The van der Waals surface area contributed by atoms with Gasteiger partial charge in [-0.05, 0) is 48.9 Å². The minimum Gasteiger partial charge on any atom is -0.376 e. The van der Waals surface area contributed by atoms with Gasteiger partial charge in [-0.25, -0.2) is 9.78 Å². The first kappa shape index (κ1) is 19.4. The van der Waals surface area contributed by atoms with Crippen molar-refractivity contribution < 1.29 is 14.3 Å². The van der Waals surface area contributed by atoms with E-state index >= 15 is 0 Å². The summed E-state index contributed by atoms with van der Waals surface area (Å²) in [6.45, 7) is 0.705. The maximum absolute atomic E-state index is 12.6. The van der Waals surface area contributed by atoms with Gasteiger partial charge in [0.2, 0.25) is 5.91 Å². The quantitative estimate of drug-likeness (QED) is 0.735. The van der Waals surface area contributed by atoms with Crippen LogP contribution >= 0.6 is 0 Å². The van der Waals surface area contributed by atoms with E-state index in [1.165, 1.54) is 0 Å². The molecule has 0 saturated carbocycles. The lowest BCUT2D eigenvalue weighted by Crippen LogP contribution is -2.60. The van der Waals surface area contributed by atoms with Crippen LogP contribution in [-0.2, 0) is 9.53 Å². The Morgan fingerprint density at radius 1 is 1.28 bits per heavy atom. The lowest BCUT2D eigenvalue weighted by atomic mass is 9.92. The molecule has 3 heterocycles. The molecule has 1 aromatic carbocycles. The topological polar surface area (TPSA) is 95.6 Å². The number of benzene rings is 1. The van der Waals surface area contributed by atoms with Gasteiger partial charge in [0.15, 0.2) is 0 Å². The molecular formula is C21H27N5O3. The van der Waals surface area contributed by atoms with Crippen LogP contribution in [0.25, 0.3) is 10.8 Å². The second-order valence-corrected chi connectivity index (χ2v) is 7.85. The minimum atomic E-state index is -0.282. The number of carbonyl (C=O) groups excluding carboxylic acids is 2. The average Bonchev–Trinajstić information content (AvgIpc) is 3.23. The third kappa shape index (κ3) is 4.27. The molecule has 0 aliphatic carbocycles.